The number of piperidine rings is 2. The van der Waals surface area contributed by atoms with Crippen LogP contribution in [0.3, 0.4) is 0 Å². The molecule has 156 valence electrons. The normalized spacial score (nSPS) is 27.3. The number of aryl methyl sites for hydroxylation is 1. The van der Waals surface area contributed by atoms with Crippen molar-refractivity contribution in [2.45, 2.75) is 45.1 Å². The molecule has 29 heavy (non-hydrogen) atoms. The van der Waals surface area contributed by atoms with Gasteiger partial charge < -0.3 is 15.1 Å². The molecule has 3 fully saturated rings. The van der Waals surface area contributed by atoms with Gasteiger partial charge in [-0.3, -0.25) is 14.4 Å². The van der Waals surface area contributed by atoms with Gasteiger partial charge in [-0.25, -0.2) is 0 Å². The largest absolute Gasteiger partial charge is 0.356 e. The van der Waals surface area contributed by atoms with Crippen molar-refractivity contribution in [2.24, 2.45) is 17.8 Å². The van der Waals surface area contributed by atoms with E-state index in [-0.39, 0.29) is 29.7 Å². The summed E-state index contributed by atoms with van der Waals surface area (Å²) < 4.78 is 0. The van der Waals surface area contributed by atoms with Gasteiger partial charge in [-0.1, -0.05) is 18.2 Å². The van der Waals surface area contributed by atoms with Crippen molar-refractivity contribution < 1.29 is 14.4 Å². The molecule has 3 atom stereocenters. The summed E-state index contributed by atoms with van der Waals surface area (Å²) in [6.07, 6.45) is 3.96. The quantitative estimate of drug-likeness (QED) is 0.850. The van der Waals surface area contributed by atoms with E-state index in [9.17, 15) is 14.4 Å². The molecule has 1 aromatic carbocycles. The van der Waals surface area contributed by atoms with Gasteiger partial charge in [0.05, 0.1) is 0 Å². The Balaban J connectivity index is 1.31. The standard InChI is InChI=1S/C23H31N3O3/c1-15-5-3-4-6-20(15)23(29)26-9-7-16(8-10-26)22(28)25(2)19-11-17-13-21(27)24-14-18(17)12-19/h3-6,16-19H,7-14H2,1-2H3,(H,24,27)/t17-,18+,19-/m0/s1. The van der Waals surface area contributed by atoms with Crippen LogP contribution in [0.2, 0.25) is 0 Å². The van der Waals surface area contributed by atoms with E-state index in [1.807, 2.05) is 48.0 Å². The number of hydrogen-bond acceptors (Lipinski definition) is 3. The van der Waals surface area contributed by atoms with E-state index in [0.29, 0.717) is 31.3 Å². The summed E-state index contributed by atoms with van der Waals surface area (Å²) in [6, 6.07) is 7.91. The van der Waals surface area contributed by atoms with Gasteiger partial charge >= 0.3 is 0 Å². The molecule has 1 aromatic rings. The molecule has 0 spiro atoms. The molecule has 0 unspecified atom stereocenters. The van der Waals surface area contributed by atoms with Crippen molar-refractivity contribution >= 4 is 17.7 Å². The lowest BCUT2D eigenvalue weighted by atomic mass is 9.89. The number of carbonyl (C=O) groups is 3. The Bertz CT molecular complexity index is 800. The first-order chi connectivity index (χ1) is 13.9. The van der Waals surface area contributed by atoms with Gasteiger partial charge in [0.25, 0.3) is 5.91 Å². The molecular weight excluding hydrogens is 366 g/mol. The van der Waals surface area contributed by atoms with Crippen molar-refractivity contribution in [3.8, 4) is 0 Å². The average molecular weight is 398 g/mol. The third-order valence-electron chi connectivity index (χ3n) is 7.23. The highest BCUT2D eigenvalue weighted by Gasteiger charge is 2.42. The van der Waals surface area contributed by atoms with Crippen LogP contribution in [0.4, 0.5) is 0 Å². The van der Waals surface area contributed by atoms with Crippen LogP contribution >= 0.6 is 0 Å². The Labute approximate surface area is 172 Å². The zero-order chi connectivity index (χ0) is 20.5. The molecule has 2 saturated heterocycles. The number of fused-ring (bicyclic) bond motifs is 1. The second kappa shape index (κ2) is 8.17. The number of likely N-dealkylation sites (tertiary alicyclic amines) is 1. The van der Waals surface area contributed by atoms with Crippen molar-refractivity contribution in [1.82, 2.24) is 15.1 Å². The molecular formula is C23H31N3O3. The molecule has 3 aliphatic rings. The highest BCUT2D eigenvalue weighted by Crippen LogP contribution is 2.38. The molecule has 4 rings (SSSR count). The topological polar surface area (TPSA) is 69.7 Å². The van der Waals surface area contributed by atoms with Gasteiger partial charge in [0.1, 0.15) is 0 Å². The smallest absolute Gasteiger partial charge is 0.254 e. The summed E-state index contributed by atoms with van der Waals surface area (Å²) in [5.41, 5.74) is 1.75. The second-order valence-corrected chi connectivity index (χ2v) is 8.98. The zero-order valence-corrected chi connectivity index (χ0v) is 17.4. The maximum atomic E-state index is 13.1. The van der Waals surface area contributed by atoms with Gasteiger partial charge in [0.2, 0.25) is 11.8 Å². The predicted molar refractivity (Wildman–Crippen MR) is 110 cm³/mol. The minimum atomic E-state index is -0.0108. The first kappa shape index (κ1) is 19.9. The van der Waals surface area contributed by atoms with Crippen LogP contribution in [0, 0.1) is 24.7 Å². The Morgan fingerprint density at radius 3 is 2.52 bits per heavy atom. The molecule has 0 bridgehead atoms. The van der Waals surface area contributed by atoms with E-state index in [0.717, 1.165) is 43.4 Å². The Morgan fingerprint density at radius 1 is 1.10 bits per heavy atom. The lowest BCUT2D eigenvalue weighted by Crippen LogP contribution is -2.45. The van der Waals surface area contributed by atoms with Crippen molar-refractivity contribution in [2.75, 3.05) is 26.7 Å². The summed E-state index contributed by atoms with van der Waals surface area (Å²) in [4.78, 5) is 41.4. The first-order valence-electron chi connectivity index (χ1n) is 10.8. The number of nitrogens with one attached hydrogen (secondary N) is 1. The monoisotopic (exact) mass is 397 g/mol. The SMILES string of the molecule is Cc1ccccc1C(=O)N1CCC(C(=O)N(C)[C@H]2C[C@H]3CC(=O)NC[C@H]3C2)CC1. The van der Waals surface area contributed by atoms with Gasteiger partial charge in [-0.2, -0.15) is 0 Å². The molecule has 1 saturated carbocycles. The van der Waals surface area contributed by atoms with Crippen LogP contribution in [-0.4, -0.2) is 60.2 Å². The Kier molecular flexibility index (Phi) is 5.61. The molecule has 6 nitrogen and oxygen atoms in total. The van der Waals surface area contributed by atoms with Gasteiger partial charge in [-0.15, -0.1) is 0 Å². The van der Waals surface area contributed by atoms with Crippen molar-refractivity contribution in [3.63, 3.8) is 0 Å². The first-order valence-corrected chi connectivity index (χ1v) is 10.8. The minimum absolute atomic E-state index is 0.0108. The number of benzene rings is 1. The Morgan fingerprint density at radius 2 is 1.79 bits per heavy atom. The summed E-state index contributed by atoms with van der Waals surface area (Å²) in [5, 5.41) is 2.96. The van der Waals surface area contributed by atoms with Gasteiger partial charge in [-0.05, 0) is 56.1 Å². The molecule has 1 aliphatic carbocycles. The van der Waals surface area contributed by atoms with Crippen molar-refractivity contribution in [3.05, 3.63) is 35.4 Å². The van der Waals surface area contributed by atoms with Crippen LogP contribution in [0.5, 0.6) is 0 Å². The molecule has 0 radical (unpaired) electrons. The van der Waals surface area contributed by atoms with Crippen LogP contribution in [0.25, 0.3) is 0 Å². The highest BCUT2D eigenvalue weighted by molar-refractivity contribution is 5.95. The summed E-state index contributed by atoms with van der Waals surface area (Å²) in [7, 11) is 1.92. The number of hydrogen-bond donors (Lipinski definition) is 1. The van der Waals surface area contributed by atoms with E-state index in [2.05, 4.69) is 5.32 Å². The van der Waals surface area contributed by atoms with Crippen LogP contribution < -0.4 is 5.32 Å². The maximum Gasteiger partial charge on any atom is 0.254 e. The lowest BCUT2D eigenvalue weighted by Gasteiger charge is -2.35. The van der Waals surface area contributed by atoms with E-state index in [1.54, 1.807) is 0 Å². The third-order valence-corrected chi connectivity index (χ3v) is 7.23. The minimum Gasteiger partial charge on any atom is -0.356 e. The fourth-order valence-corrected chi connectivity index (χ4v) is 5.33. The highest BCUT2D eigenvalue weighted by atomic mass is 16.2. The maximum absolute atomic E-state index is 13.1. The molecule has 2 heterocycles. The van der Waals surface area contributed by atoms with E-state index < -0.39 is 0 Å². The molecule has 1 N–H and O–H groups in total. The number of amides is 3. The summed E-state index contributed by atoms with van der Waals surface area (Å²) >= 11 is 0. The molecule has 6 heteroatoms. The molecule has 3 amide bonds. The van der Waals surface area contributed by atoms with Crippen LogP contribution in [0.1, 0.15) is 48.0 Å². The summed E-state index contributed by atoms with van der Waals surface area (Å²) in [6.45, 7) is 3.97. The zero-order valence-electron chi connectivity index (χ0n) is 17.4. The second-order valence-electron chi connectivity index (χ2n) is 8.98. The number of carbonyl (C=O) groups excluding carboxylic acids is 3. The number of nitrogens with zero attached hydrogens (tertiary/aromatic N) is 2. The lowest BCUT2D eigenvalue weighted by molar-refractivity contribution is -0.137. The fourth-order valence-electron chi connectivity index (χ4n) is 5.33. The van der Waals surface area contributed by atoms with Crippen LogP contribution in [0.15, 0.2) is 24.3 Å². The van der Waals surface area contributed by atoms with E-state index >= 15 is 0 Å². The Hall–Kier alpha value is -2.37. The van der Waals surface area contributed by atoms with Gasteiger partial charge in [0, 0.05) is 50.6 Å². The van der Waals surface area contributed by atoms with E-state index in [1.165, 1.54) is 0 Å². The molecule has 2 aliphatic heterocycles. The van der Waals surface area contributed by atoms with Gasteiger partial charge in [0.15, 0.2) is 0 Å². The van der Waals surface area contributed by atoms with Crippen LogP contribution in [-0.2, 0) is 9.59 Å². The fraction of sp³-hybridized carbons (Fsp3) is 0.609. The number of rotatable bonds is 3. The predicted octanol–water partition coefficient (Wildman–Crippen LogP) is 2.22. The molecule has 0 aromatic heterocycles. The van der Waals surface area contributed by atoms with Crippen molar-refractivity contribution in [1.29, 1.82) is 0 Å². The van der Waals surface area contributed by atoms with E-state index in [4.69, 9.17) is 0 Å². The average Bonchev–Trinajstić information content (AvgIpc) is 3.16. The third kappa shape index (κ3) is 4.02. The summed E-state index contributed by atoms with van der Waals surface area (Å²) in [5.74, 6) is 1.32.